The molecule has 1 atom stereocenters. The van der Waals surface area contributed by atoms with Crippen LogP contribution in [0.2, 0.25) is 0 Å². The number of carbonyl (C=O) groups excluding carboxylic acids is 4. The highest BCUT2D eigenvalue weighted by Gasteiger charge is 2.55. The van der Waals surface area contributed by atoms with Gasteiger partial charge in [0, 0.05) is 12.0 Å². The minimum absolute atomic E-state index is 0.0163. The summed E-state index contributed by atoms with van der Waals surface area (Å²) in [5.74, 6) is -0.691. The fraction of sp³-hybridized carbons (Fsp3) is 0.185. The molecule has 0 unspecified atom stereocenters. The maximum absolute atomic E-state index is 13.0. The van der Waals surface area contributed by atoms with Gasteiger partial charge in [-0.1, -0.05) is 54.6 Å². The van der Waals surface area contributed by atoms with Crippen molar-refractivity contribution < 1.29 is 33.4 Å². The Morgan fingerprint density at radius 3 is 2.31 bits per heavy atom. The molecule has 4 rings (SSSR count). The summed E-state index contributed by atoms with van der Waals surface area (Å²) in [4.78, 5) is 50.0. The van der Waals surface area contributed by atoms with E-state index in [4.69, 9.17) is 14.2 Å². The number of imide groups is 1. The van der Waals surface area contributed by atoms with Gasteiger partial charge >= 0.3 is 5.97 Å². The molecular weight excluding hydrogens is 482 g/mol. The van der Waals surface area contributed by atoms with Crippen LogP contribution in [0.25, 0.3) is 0 Å². The van der Waals surface area contributed by atoms with Crippen molar-refractivity contribution in [2.75, 3.05) is 13.7 Å². The molecule has 8 nitrogen and oxygen atoms in total. The number of hydrogen-bond donors (Lipinski definition) is 1. The molecule has 1 aliphatic heterocycles. The molecule has 1 N–H and O–H groups in total. The Bertz CT molecular complexity index is 1280. The summed E-state index contributed by atoms with van der Waals surface area (Å²) >= 11 is 0.618. The van der Waals surface area contributed by atoms with Crippen LogP contribution in [0.1, 0.15) is 21.5 Å². The summed E-state index contributed by atoms with van der Waals surface area (Å²) in [6.45, 7) is -0.188. The zero-order valence-corrected chi connectivity index (χ0v) is 20.2. The molecule has 1 saturated heterocycles. The van der Waals surface area contributed by atoms with E-state index in [-0.39, 0.29) is 25.4 Å². The largest absolute Gasteiger partial charge is 0.497 e. The van der Waals surface area contributed by atoms with Gasteiger partial charge < -0.3 is 14.2 Å². The number of hydrogen-bond acceptors (Lipinski definition) is 8. The first-order valence-corrected chi connectivity index (χ1v) is 11.9. The zero-order valence-electron chi connectivity index (χ0n) is 19.4. The van der Waals surface area contributed by atoms with Gasteiger partial charge in [0.25, 0.3) is 11.1 Å². The lowest BCUT2D eigenvalue weighted by Gasteiger charge is -2.22. The Labute approximate surface area is 211 Å². The van der Waals surface area contributed by atoms with Crippen molar-refractivity contribution in [1.29, 1.82) is 0 Å². The van der Waals surface area contributed by atoms with Crippen LogP contribution in [0.15, 0.2) is 78.9 Å². The number of methoxy groups -OCH3 is 1. The molecule has 0 aromatic heterocycles. The van der Waals surface area contributed by atoms with Gasteiger partial charge in [-0.15, -0.1) is 0 Å². The Morgan fingerprint density at radius 2 is 1.64 bits per heavy atom. The minimum Gasteiger partial charge on any atom is -0.497 e. The fourth-order valence-corrected chi connectivity index (χ4v) is 4.59. The molecule has 2 amide bonds. The summed E-state index contributed by atoms with van der Waals surface area (Å²) in [5.41, 5.74) is 1.85. The van der Waals surface area contributed by atoms with E-state index in [0.717, 1.165) is 5.56 Å². The highest BCUT2D eigenvalue weighted by Crippen LogP contribution is 2.37. The molecule has 3 aromatic carbocycles. The normalized spacial score (nSPS) is 16.8. The van der Waals surface area contributed by atoms with Crippen molar-refractivity contribution >= 4 is 34.7 Å². The predicted octanol–water partition coefficient (Wildman–Crippen LogP) is 3.96. The highest BCUT2D eigenvalue weighted by molar-refractivity contribution is 8.16. The topological polar surface area (TPSA) is 108 Å². The number of carbonyl (C=O) groups is 4. The molecular formula is C27H23NO7S. The van der Waals surface area contributed by atoms with Gasteiger partial charge in [0.2, 0.25) is 4.75 Å². The Kier molecular flexibility index (Phi) is 7.70. The van der Waals surface area contributed by atoms with Gasteiger partial charge in [0.05, 0.1) is 7.11 Å². The number of nitrogens with one attached hydrogen (secondary N) is 1. The van der Waals surface area contributed by atoms with Crippen molar-refractivity contribution in [2.24, 2.45) is 0 Å². The molecule has 1 heterocycles. The maximum Gasteiger partial charge on any atom is 0.333 e. The lowest BCUT2D eigenvalue weighted by atomic mass is 9.97. The first kappa shape index (κ1) is 25.0. The summed E-state index contributed by atoms with van der Waals surface area (Å²) in [6, 6.07) is 22.5. The van der Waals surface area contributed by atoms with E-state index in [1.54, 1.807) is 60.7 Å². The summed E-state index contributed by atoms with van der Waals surface area (Å²) in [5, 5.41) is 1.58. The van der Waals surface area contributed by atoms with Crippen molar-refractivity contribution in [3.8, 4) is 11.5 Å². The van der Waals surface area contributed by atoms with Crippen LogP contribution < -0.4 is 14.8 Å². The number of esters is 1. The smallest absolute Gasteiger partial charge is 0.333 e. The van der Waals surface area contributed by atoms with Gasteiger partial charge in [-0.25, -0.2) is 4.79 Å². The zero-order chi connectivity index (χ0) is 25.5. The van der Waals surface area contributed by atoms with Gasteiger partial charge in [-0.05, 0) is 47.2 Å². The van der Waals surface area contributed by atoms with E-state index in [2.05, 4.69) is 5.32 Å². The van der Waals surface area contributed by atoms with Crippen molar-refractivity contribution in [1.82, 2.24) is 5.32 Å². The number of benzene rings is 3. The standard InChI is InChI=1S/C27H23NO7S/c1-33-22-9-5-8-20(14-22)23(29)17-34-21-12-10-18(11-13-21)15-27(24(30)28-26(32)36-27)25(31)35-16-19-6-3-2-4-7-19/h2-14H,15-17H2,1H3,(H,28,30,32)/t27-/m1/s1. The summed E-state index contributed by atoms with van der Waals surface area (Å²) < 4.78 is 14.4. The third-order valence-electron chi connectivity index (χ3n) is 5.53. The molecule has 1 fully saturated rings. The van der Waals surface area contributed by atoms with Crippen LogP contribution in [0.3, 0.4) is 0 Å². The Hall–Kier alpha value is -4.11. The molecule has 1 aliphatic rings. The second-order valence-corrected chi connectivity index (χ2v) is 9.27. The average Bonchev–Trinajstić information content (AvgIpc) is 3.20. The van der Waals surface area contributed by atoms with Crippen LogP contribution in [-0.2, 0) is 27.4 Å². The number of Topliss-reactive ketones (excluding diaryl/α,β-unsaturated/α-hetero) is 1. The van der Waals surface area contributed by atoms with E-state index in [1.807, 2.05) is 18.2 Å². The van der Waals surface area contributed by atoms with E-state index >= 15 is 0 Å². The highest BCUT2D eigenvalue weighted by atomic mass is 32.2. The van der Waals surface area contributed by atoms with E-state index in [0.29, 0.717) is 34.4 Å². The second-order valence-electron chi connectivity index (χ2n) is 8.00. The fourth-order valence-electron chi connectivity index (χ4n) is 3.61. The summed E-state index contributed by atoms with van der Waals surface area (Å²) in [7, 11) is 1.53. The first-order chi connectivity index (χ1) is 17.4. The van der Waals surface area contributed by atoms with Crippen LogP contribution in [0, 0.1) is 0 Å². The molecule has 36 heavy (non-hydrogen) atoms. The van der Waals surface area contributed by atoms with Crippen LogP contribution in [0.5, 0.6) is 11.5 Å². The monoisotopic (exact) mass is 505 g/mol. The number of amides is 2. The number of ether oxygens (including phenoxy) is 3. The van der Waals surface area contributed by atoms with Crippen molar-refractivity contribution in [2.45, 2.75) is 17.8 Å². The molecule has 9 heteroatoms. The Balaban J connectivity index is 1.41. The van der Waals surface area contributed by atoms with Crippen molar-refractivity contribution in [3.63, 3.8) is 0 Å². The summed E-state index contributed by atoms with van der Waals surface area (Å²) in [6.07, 6.45) is -0.0497. The van der Waals surface area contributed by atoms with Gasteiger partial charge in [0.1, 0.15) is 18.1 Å². The number of thioether (sulfide) groups is 1. The number of ketones is 1. The van der Waals surface area contributed by atoms with E-state index in [9.17, 15) is 19.2 Å². The third kappa shape index (κ3) is 5.75. The molecule has 184 valence electrons. The second kappa shape index (κ2) is 11.1. The van der Waals surface area contributed by atoms with Crippen LogP contribution in [0.4, 0.5) is 4.79 Å². The van der Waals surface area contributed by atoms with Crippen molar-refractivity contribution in [3.05, 3.63) is 95.6 Å². The molecule has 0 radical (unpaired) electrons. The third-order valence-corrected chi connectivity index (χ3v) is 6.66. The number of rotatable bonds is 10. The SMILES string of the molecule is COc1cccc(C(=O)COc2ccc(C[C@@]3(C(=O)OCc4ccccc4)SC(=O)NC3=O)cc2)c1. The van der Waals surface area contributed by atoms with Crippen LogP contribution >= 0.6 is 11.8 Å². The molecule has 0 spiro atoms. The molecule has 0 saturated carbocycles. The predicted molar refractivity (Wildman–Crippen MR) is 133 cm³/mol. The van der Waals surface area contributed by atoms with Gasteiger partial charge in [-0.3, -0.25) is 19.7 Å². The quantitative estimate of drug-likeness (QED) is 0.251. The molecule has 3 aromatic rings. The maximum atomic E-state index is 13.0. The van der Waals surface area contributed by atoms with Crippen LogP contribution in [-0.4, -0.2) is 41.4 Å². The van der Waals surface area contributed by atoms with Gasteiger partial charge in [-0.2, -0.15) is 0 Å². The first-order valence-electron chi connectivity index (χ1n) is 11.0. The molecule has 0 aliphatic carbocycles. The van der Waals surface area contributed by atoms with E-state index in [1.165, 1.54) is 7.11 Å². The lowest BCUT2D eigenvalue weighted by molar-refractivity contribution is -0.150. The minimum atomic E-state index is -1.73. The van der Waals surface area contributed by atoms with Gasteiger partial charge in [0.15, 0.2) is 12.4 Å². The van der Waals surface area contributed by atoms with E-state index < -0.39 is 21.9 Å². The average molecular weight is 506 g/mol. The molecule has 0 bridgehead atoms. The Morgan fingerprint density at radius 1 is 0.889 bits per heavy atom. The lowest BCUT2D eigenvalue weighted by Crippen LogP contribution is -2.46.